The first-order chi connectivity index (χ1) is 13.6. The average molecular weight is 421 g/mol. The van der Waals surface area contributed by atoms with E-state index in [-0.39, 0.29) is 5.75 Å². The summed E-state index contributed by atoms with van der Waals surface area (Å²) in [5.74, 6) is 1.85. The normalized spacial score (nSPS) is 11.4. The predicted octanol–water partition coefficient (Wildman–Crippen LogP) is 4.17. The van der Waals surface area contributed by atoms with Crippen molar-refractivity contribution in [2.24, 2.45) is 5.16 Å². The highest BCUT2D eigenvalue weighted by molar-refractivity contribution is 7.70. The van der Waals surface area contributed by atoms with Gasteiger partial charge in [0.15, 0.2) is 27.7 Å². The van der Waals surface area contributed by atoms with Crippen LogP contribution in [0.4, 0.5) is 0 Å². The molecule has 7 nitrogen and oxygen atoms in total. The van der Waals surface area contributed by atoms with Gasteiger partial charge in [0.1, 0.15) is 0 Å². The van der Waals surface area contributed by atoms with E-state index in [1.165, 1.54) is 49.1 Å². The molecule has 2 aromatic carbocycles. The lowest BCUT2D eigenvalue weighted by Gasteiger charge is -2.14. The quantitative estimate of drug-likeness (QED) is 0.353. The second-order valence-corrected chi connectivity index (χ2v) is 7.70. The van der Waals surface area contributed by atoms with Crippen molar-refractivity contribution in [1.29, 1.82) is 0 Å². The van der Waals surface area contributed by atoms with Gasteiger partial charge in [0, 0.05) is 5.56 Å². The SMILES string of the molecule is COc1ccc(-c2ss/c(=N/O)c2-c2cc(OC)c(OC)c(OC)c2)cc1O. The van der Waals surface area contributed by atoms with E-state index < -0.39 is 0 Å². The lowest BCUT2D eigenvalue weighted by Crippen LogP contribution is -2.01. The largest absolute Gasteiger partial charge is 0.504 e. The highest BCUT2D eigenvalue weighted by atomic mass is 32.9. The molecule has 28 heavy (non-hydrogen) atoms. The summed E-state index contributed by atoms with van der Waals surface area (Å²) in [5.41, 5.74) is 2.18. The summed E-state index contributed by atoms with van der Waals surface area (Å²) in [5, 5.41) is 23.1. The molecule has 2 N–H and O–H groups in total. The Morgan fingerprint density at radius 3 is 1.93 bits per heavy atom. The van der Waals surface area contributed by atoms with Crippen molar-refractivity contribution in [1.82, 2.24) is 0 Å². The first-order valence-electron chi connectivity index (χ1n) is 8.06. The van der Waals surface area contributed by atoms with Crippen LogP contribution in [0.1, 0.15) is 0 Å². The Hall–Kier alpha value is -2.91. The number of aromatic hydroxyl groups is 1. The third-order valence-corrected chi connectivity index (χ3v) is 6.49. The van der Waals surface area contributed by atoms with Crippen LogP contribution >= 0.6 is 20.7 Å². The molecule has 1 aromatic heterocycles. The first-order valence-corrected chi connectivity index (χ1v) is 10.2. The van der Waals surface area contributed by atoms with E-state index in [4.69, 9.17) is 18.9 Å². The molecule has 0 atom stereocenters. The van der Waals surface area contributed by atoms with Gasteiger partial charge < -0.3 is 29.3 Å². The summed E-state index contributed by atoms with van der Waals surface area (Å²) in [6.45, 7) is 0. The molecular formula is C19H19NO6S2. The van der Waals surface area contributed by atoms with Crippen LogP contribution in [-0.2, 0) is 0 Å². The molecular weight excluding hydrogens is 402 g/mol. The van der Waals surface area contributed by atoms with Crippen LogP contribution < -0.4 is 23.6 Å². The standard InChI is InChI=1S/C19H19NO6S2/c1-23-13-6-5-10(7-12(13)21)18-16(19(20-22)28-27-18)11-8-14(24-2)17(26-4)15(9-11)25-3/h5-9,21-22H,1-4H3/b20-19+. The predicted molar refractivity (Wildman–Crippen MR) is 108 cm³/mol. The van der Waals surface area contributed by atoms with Gasteiger partial charge in [-0.3, -0.25) is 0 Å². The van der Waals surface area contributed by atoms with Crippen LogP contribution in [0.15, 0.2) is 35.5 Å². The number of hydrogen-bond acceptors (Lipinski definition) is 9. The van der Waals surface area contributed by atoms with Crippen LogP contribution in [0.5, 0.6) is 28.7 Å². The third kappa shape index (κ3) is 3.46. The lowest BCUT2D eigenvalue weighted by molar-refractivity contribution is 0.304. The topological polar surface area (TPSA) is 89.7 Å². The second-order valence-electron chi connectivity index (χ2n) is 5.58. The highest BCUT2D eigenvalue weighted by Gasteiger charge is 2.20. The molecule has 0 aliphatic heterocycles. The molecule has 0 amide bonds. The average Bonchev–Trinajstić information content (AvgIpc) is 3.16. The molecule has 0 saturated heterocycles. The van der Waals surface area contributed by atoms with Crippen molar-refractivity contribution >= 4 is 20.7 Å². The maximum absolute atomic E-state index is 10.2. The summed E-state index contributed by atoms with van der Waals surface area (Å²) in [4.78, 5) is 0.824. The zero-order valence-electron chi connectivity index (χ0n) is 15.7. The fraction of sp³-hybridized carbons (Fsp3) is 0.211. The molecule has 0 fully saturated rings. The second kappa shape index (κ2) is 8.41. The van der Waals surface area contributed by atoms with Gasteiger partial charge in [0.25, 0.3) is 0 Å². The third-order valence-electron chi connectivity index (χ3n) is 4.13. The molecule has 1 heterocycles. The number of phenolic OH excluding ortho intramolecular Hbond substituents is 1. The maximum Gasteiger partial charge on any atom is 0.203 e. The summed E-state index contributed by atoms with van der Waals surface area (Å²) < 4.78 is 21.8. The minimum atomic E-state index is 0.0247. The van der Waals surface area contributed by atoms with E-state index in [9.17, 15) is 10.3 Å². The number of benzene rings is 2. The minimum absolute atomic E-state index is 0.0247. The van der Waals surface area contributed by atoms with Crippen molar-refractivity contribution < 1.29 is 29.3 Å². The number of hydrogen-bond donors (Lipinski definition) is 2. The Morgan fingerprint density at radius 1 is 0.786 bits per heavy atom. The Kier molecular flexibility index (Phi) is 5.96. The van der Waals surface area contributed by atoms with Crippen molar-refractivity contribution in [3.63, 3.8) is 0 Å². The van der Waals surface area contributed by atoms with Crippen molar-refractivity contribution in [2.75, 3.05) is 28.4 Å². The highest BCUT2D eigenvalue weighted by Crippen LogP contribution is 2.45. The van der Waals surface area contributed by atoms with E-state index in [0.29, 0.717) is 33.2 Å². The molecule has 0 unspecified atom stereocenters. The van der Waals surface area contributed by atoms with E-state index in [0.717, 1.165) is 16.0 Å². The molecule has 9 heteroatoms. The van der Waals surface area contributed by atoms with Crippen molar-refractivity contribution in [2.45, 2.75) is 0 Å². The van der Waals surface area contributed by atoms with E-state index in [1.54, 1.807) is 24.3 Å². The Labute approximate surface area is 169 Å². The lowest BCUT2D eigenvalue weighted by atomic mass is 10.0. The summed E-state index contributed by atoms with van der Waals surface area (Å²) >= 11 is 0. The Balaban J connectivity index is 2.26. The molecule has 0 spiro atoms. The van der Waals surface area contributed by atoms with Gasteiger partial charge in [-0.15, -0.1) is 0 Å². The number of nitrogens with zero attached hydrogens (tertiary/aromatic N) is 1. The fourth-order valence-electron chi connectivity index (χ4n) is 2.83. The van der Waals surface area contributed by atoms with E-state index in [2.05, 4.69) is 5.16 Å². The number of ether oxygens (including phenoxy) is 4. The van der Waals surface area contributed by atoms with Crippen molar-refractivity contribution in [3.8, 4) is 50.3 Å². The molecule has 0 radical (unpaired) electrons. The Morgan fingerprint density at radius 2 is 1.43 bits per heavy atom. The maximum atomic E-state index is 10.2. The molecule has 3 rings (SSSR count). The number of rotatable bonds is 6. The van der Waals surface area contributed by atoms with Gasteiger partial charge in [-0.25, -0.2) is 0 Å². The number of methoxy groups -OCH3 is 4. The van der Waals surface area contributed by atoms with E-state index >= 15 is 0 Å². The molecule has 0 aliphatic carbocycles. The van der Waals surface area contributed by atoms with Crippen LogP contribution in [0, 0.1) is 0 Å². The van der Waals surface area contributed by atoms with Gasteiger partial charge in [-0.2, -0.15) is 0 Å². The number of phenols is 1. The van der Waals surface area contributed by atoms with E-state index in [1.807, 2.05) is 6.07 Å². The summed E-state index contributed by atoms with van der Waals surface area (Å²) in [7, 11) is 8.85. The summed E-state index contributed by atoms with van der Waals surface area (Å²) in [6.07, 6.45) is 0. The zero-order chi connectivity index (χ0) is 20.3. The van der Waals surface area contributed by atoms with Crippen molar-refractivity contribution in [3.05, 3.63) is 35.0 Å². The van der Waals surface area contributed by atoms with Gasteiger partial charge in [-0.05, 0) is 41.5 Å². The van der Waals surface area contributed by atoms with Gasteiger partial charge >= 0.3 is 0 Å². The van der Waals surface area contributed by atoms with Crippen LogP contribution in [0.2, 0.25) is 0 Å². The van der Waals surface area contributed by atoms with Gasteiger partial charge in [0.2, 0.25) is 5.75 Å². The summed E-state index contributed by atoms with van der Waals surface area (Å²) in [6, 6.07) is 8.71. The van der Waals surface area contributed by atoms with Crippen LogP contribution in [0.25, 0.3) is 21.6 Å². The fourth-order valence-corrected chi connectivity index (χ4v) is 5.29. The monoisotopic (exact) mass is 421 g/mol. The molecule has 0 saturated carbocycles. The Bertz CT molecular complexity index is 1030. The molecule has 148 valence electrons. The van der Waals surface area contributed by atoms with Gasteiger partial charge in [-0.1, -0.05) is 25.8 Å². The van der Waals surface area contributed by atoms with Crippen LogP contribution in [0.3, 0.4) is 0 Å². The zero-order valence-corrected chi connectivity index (χ0v) is 17.3. The van der Waals surface area contributed by atoms with Crippen LogP contribution in [-0.4, -0.2) is 38.8 Å². The first kappa shape index (κ1) is 19.8. The molecule has 0 bridgehead atoms. The smallest absolute Gasteiger partial charge is 0.203 e. The molecule has 3 aromatic rings. The molecule has 0 aliphatic rings. The van der Waals surface area contributed by atoms with Gasteiger partial charge in [0.05, 0.1) is 33.3 Å². The minimum Gasteiger partial charge on any atom is -0.504 e.